The second-order valence-corrected chi connectivity index (χ2v) is 5.82. The fourth-order valence-corrected chi connectivity index (χ4v) is 3.08. The van der Waals surface area contributed by atoms with Gasteiger partial charge in [0.2, 0.25) is 0 Å². The van der Waals surface area contributed by atoms with Crippen LogP contribution in [0.4, 0.5) is 0 Å². The Kier molecular flexibility index (Phi) is 3.67. The lowest BCUT2D eigenvalue weighted by atomic mass is 9.75. The maximum absolute atomic E-state index is 5.64. The molecule has 2 nitrogen and oxygen atoms in total. The summed E-state index contributed by atoms with van der Waals surface area (Å²) in [5.74, 6) is 0.770. The van der Waals surface area contributed by atoms with Crippen molar-refractivity contribution >= 4 is 0 Å². The summed E-state index contributed by atoms with van der Waals surface area (Å²) in [5, 5.41) is 3.65. The van der Waals surface area contributed by atoms with Crippen molar-refractivity contribution in [3.63, 3.8) is 0 Å². The third-order valence-electron chi connectivity index (χ3n) is 4.31. The molecule has 1 aromatic carbocycles. The fourth-order valence-electron chi connectivity index (χ4n) is 3.08. The summed E-state index contributed by atoms with van der Waals surface area (Å²) in [4.78, 5) is 0. The van der Waals surface area contributed by atoms with Crippen LogP contribution in [-0.4, -0.2) is 25.3 Å². The Hall–Kier alpha value is -0.860. The summed E-state index contributed by atoms with van der Waals surface area (Å²) >= 11 is 0. The van der Waals surface area contributed by atoms with Crippen LogP contribution in [0.25, 0.3) is 0 Å². The number of ether oxygens (including phenoxy) is 1. The van der Waals surface area contributed by atoms with Crippen LogP contribution in [0, 0.1) is 6.92 Å². The Morgan fingerprint density at radius 3 is 2.94 bits per heavy atom. The Bertz CT molecular complexity index is 392. The first-order valence-electron chi connectivity index (χ1n) is 7.23. The van der Waals surface area contributed by atoms with Gasteiger partial charge in [-0.25, -0.2) is 0 Å². The van der Waals surface area contributed by atoms with Gasteiger partial charge in [0.15, 0.2) is 0 Å². The summed E-state index contributed by atoms with van der Waals surface area (Å²) in [5.41, 5.74) is 2.90. The zero-order valence-electron chi connectivity index (χ0n) is 11.2. The first-order chi connectivity index (χ1) is 8.81. The molecule has 2 fully saturated rings. The first-order valence-corrected chi connectivity index (χ1v) is 7.23. The number of nitrogens with one attached hydrogen (secondary N) is 1. The van der Waals surface area contributed by atoms with Crippen LogP contribution < -0.4 is 5.32 Å². The van der Waals surface area contributed by atoms with Crippen molar-refractivity contribution in [2.75, 3.05) is 13.2 Å². The predicted molar refractivity (Wildman–Crippen MR) is 73.9 cm³/mol. The van der Waals surface area contributed by atoms with E-state index < -0.39 is 0 Å². The molecule has 0 aromatic heterocycles. The lowest BCUT2D eigenvalue weighted by Gasteiger charge is -2.37. The molecule has 0 spiro atoms. The summed E-state index contributed by atoms with van der Waals surface area (Å²) in [7, 11) is 0. The van der Waals surface area contributed by atoms with E-state index in [9.17, 15) is 0 Å². The second-order valence-electron chi connectivity index (χ2n) is 5.82. The Labute approximate surface area is 110 Å². The van der Waals surface area contributed by atoms with Crippen LogP contribution in [0.3, 0.4) is 0 Å². The molecule has 18 heavy (non-hydrogen) atoms. The Morgan fingerprint density at radius 1 is 1.33 bits per heavy atom. The molecule has 0 bridgehead atoms. The quantitative estimate of drug-likeness (QED) is 0.880. The van der Waals surface area contributed by atoms with Crippen LogP contribution in [0.5, 0.6) is 0 Å². The van der Waals surface area contributed by atoms with Gasteiger partial charge in [-0.15, -0.1) is 0 Å². The minimum atomic E-state index is 0.475. The number of hydrogen-bond donors (Lipinski definition) is 1. The van der Waals surface area contributed by atoms with Crippen LogP contribution in [-0.2, 0) is 4.74 Å². The molecule has 1 aromatic rings. The van der Waals surface area contributed by atoms with Gasteiger partial charge in [0.05, 0.1) is 6.10 Å². The standard InChI is InChI=1S/C16H23NO/c1-12-4-2-5-13(8-12)14-9-15(10-14)17-11-16-6-3-7-18-16/h2,4-5,8,14-17H,3,6-7,9-11H2,1H3. The SMILES string of the molecule is Cc1cccc(C2CC(NCC3CCCO3)C2)c1. The molecule has 1 heterocycles. The number of aryl methyl sites for hydroxylation is 1. The zero-order chi connectivity index (χ0) is 12.4. The molecule has 2 heteroatoms. The van der Waals surface area contributed by atoms with E-state index >= 15 is 0 Å². The second kappa shape index (κ2) is 5.41. The maximum atomic E-state index is 5.64. The van der Waals surface area contributed by atoms with Gasteiger partial charge >= 0.3 is 0 Å². The van der Waals surface area contributed by atoms with Crippen molar-refractivity contribution in [1.29, 1.82) is 0 Å². The van der Waals surface area contributed by atoms with Crippen molar-refractivity contribution in [3.8, 4) is 0 Å². The number of hydrogen-bond acceptors (Lipinski definition) is 2. The smallest absolute Gasteiger partial charge is 0.0700 e. The fraction of sp³-hybridized carbons (Fsp3) is 0.625. The number of rotatable bonds is 4. The van der Waals surface area contributed by atoms with E-state index in [0.29, 0.717) is 12.1 Å². The summed E-state index contributed by atoms with van der Waals surface area (Å²) in [6.07, 6.45) is 5.53. The van der Waals surface area contributed by atoms with Crippen molar-refractivity contribution in [2.45, 2.75) is 50.7 Å². The minimum absolute atomic E-state index is 0.475. The van der Waals surface area contributed by atoms with Crippen LogP contribution in [0.1, 0.15) is 42.7 Å². The highest BCUT2D eigenvalue weighted by molar-refractivity contribution is 5.27. The predicted octanol–water partition coefficient (Wildman–Crippen LogP) is 3.01. The molecule has 0 radical (unpaired) electrons. The summed E-state index contributed by atoms with van der Waals surface area (Å²) in [6, 6.07) is 9.67. The molecule has 2 aliphatic rings. The minimum Gasteiger partial charge on any atom is -0.377 e. The third kappa shape index (κ3) is 2.76. The molecular formula is C16H23NO. The van der Waals surface area contributed by atoms with Gasteiger partial charge in [-0.2, -0.15) is 0 Å². The van der Waals surface area contributed by atoms with Gasteiger partial charge < -0.3 is 10.1 Å². The summed E-state index contributed by atoms with van der Waals surface area (Å²) < 4.78 is 5.64. The van der Waals surface area contributed by atoms with Gasteiger partial charge in [0.25, 0.3) is 0 Å². The number of benzene rings is 1. The molecule has 1 unspecified atom stereocenters. The van der Waals surface area contributed by atoms with Crippen LogP contribution in [0.2, 0.25) is 0 Å². The van der Waals surface area contributed by atoms with Crippen molar-refractivity contribution in [2.24, 2.45) is 0 Å². The first kappa shape index (κ1) is 12.2. The molecule has 0 amide bonds. The highest BCUT2D eigenvalue weighted by atomic mass is 16.5. The maximum Gasteiger partial charge on any atom is 0.0700 e. The van der Waals surface area contributed by atoms with E-state index in [4.69, 9.17) is 4.74 Å². The molecule has 1 N–H and O–H groups in total. The Balaban J connectivity index is 1.42. The third-order valence-corrected chi connectivity index (χ3v) is 4.31. The molecule has 1 atom stereocenters. The normalized spacial score (nSPS) is 31.3. The average molecular weight is 245 g/mol. The lowest BCUT2D eigenvalue weighted by Crippen LogP contribution is -2.43. The topological polar surface area (TPSA) is 21.3 Å². The van der Waals surface area contributed by atoms with E-state index in [2.05, 4.69) is 36.5 Å². The summed E-state index contributed by atoms with van der Waals surface area (Å²) in [6.45, 7) is 4.18. The zero-order valence-corrected chi connectivity index (χ0v) is 11.2. The van der Waals surface area contributed by atoms with E-state index in [1.165, 1.54) is 36.8 Å². The highest BCUT2D eigenvalue weighted by Gasteiger charge is 2.30. The molecular weight excluding hydrogens is 222 g/mol. The van der Waals surface area contributed by atoms with Gasteiger partial charge in [0.1, 0.15) is 0 Å². The van der Waals surface area contributed by atoms with Crippen molar-refractivity contribution in [1.82, 2.24) is 5.32 Å². The average Bonchev–Trinajstić information content (AvgIpc) is 2.80. The van der Waals surface area contributed by atoms with Gasteiger partial charge in [-0.1, -0.05) is 29.8 Å². The molecule has 3 rings (SSSR count). The van der Waals surface area contributed by atoms with Gasteiger partial charge in [-0.3, -0.25) is 0 Å². The molecule has 1 aliphatic carbocycles. The highest BCUT2D eigenvalue weighted by Crippen LogP contribution is 2.37. The van der Waals surface area contributed by atoms with Crippen LogP contribution >= 0.6 is 0 Å². The molecule has 1 aliphatic heterocycles. The molecule has 98 valence electrons. The van der Waals surface area contributed by atoms with Crippen molar-refractivity contribution < 1.29 is 4.74 Å². The molecule has 1 saturated carbocycles. The Morgan fingerprint density at radius 2 is 2.22 bits per heavy atom. The van der Waals surface area contributed by atoms with Gasteiger partial charge in [-0.05, 0) is 44.1 Å². The van der Waals surface area contributed by atoms with Crippen molar-refractivity contribution in [3.05, 3.63) is 35.4 Å². The lowest BCUT2D eigenvalue weighted by molar-refractivity contribution is 0.102. The largest absolute Gasteiger partial charge is 0.377 e. The molecule has 1 saturated heterocycles. The monoisotopic (exact) mass is 245 g/mol. The van der Waals surface area contributed by atoms with E-state index in [1.807, 2.05) is 0 Å². The van der Waals surface area contributed by atoms with E-state index in [1.54, 1.807) is 0 Å². The van der Waals surface area contributed by atoms with Crippen LogP contribution in [0.15, 0.2) is 24.3 Å². The van der Waals surface area contributed by atoms with E-state index in [0.717, 1.165) is 19.1 Å². The van der Waals surface area contributed by atoms with E-state index in [-0.39, 0.29) is 0 Å². The van der Waals surface area contributed by atoms with Gasteiger partial charge in [0, 0.05) is 19.2 Å².